The summed E-state index contributed by atoms with van der Waals surface area (Å²) in [5.41, 5.74) is 1.28. The fourth-order valence-electron chi connectivity index (χ4n) is 1.05. The monoisotopic (exact) mass is 243 g/mol. The minimum absolute atomic E-state index is 1.28. The molecule has 0 atom stereocenters. The summed E-state index contributed by atoms with van der Waals surface area (Å²) in [6.45, 7) is 0. The van der Waals surface area contributed by atoms with E-state index >= 15 is 0 Å². The van der Waals surface area contributed by atoms with Crippen molar-refractivity contribution in [2.75, 3.05) is 0 Å². The number of hydrogen-bond donors (Lipinski definition) is 0. The number of hydrogen-bond acceptors (Lipinski definition) is 0. The van der Waals surface area contributed by atoms with E-state index in [1.54, 1.807) is 0 Å². The van der Waals surface area contributed by atoms with Crippen LogP contribution in [0, 0.1) is 0 Å². The van der Waals surface area contributed by atoms with E-state index in [9.17, 15) is 0 Å². The van der Waals surface area contributed by atoms with E-state index in [1.165, 1.54) is 10.9 Å². The van der Waals surface area contributed by atoms with Crippen LogP contribution in [0.3, 0.4) is 0 Å². The standard InChI is InChI=1S/C8H6IN/c9-10-6-5-7-3-1-2-4-8(7)10/h1-6H. The summed E-state index contributed by atoms with van der Waals surface area (Å²) >= 11 is 2.27. The molecule has 2 aromatic rings. The average molecular weight is 243 g/mol. The van der Waals surface area contributed by atoms with Crippen LogP contribution in [-0.4, -0.2) is 2.78 Å². The summed E-state index contributed by atoms with van der Waals surface area (Å²) in [7, 11) is 0. The van der Waals surface area contributed by atoms with Crippen molar-refractivity contribution in [1.29, 1.82) is 0 Å². The van der Waals surface area contributed by atoms with E-state index in [4.69, 9.17) is 0 Å². The van der Waals surface area contributed by atoms with Crippen LogP contribution in [0.4, 0.5) is 0 Å². The number of benzene rings is 1. The van der Waals surface area contributed by atoms with Crippen LogP contribution >= 0.6 is 22.9 Å². The first kappa shape index (κ1) is 6.22. The molecule has 10 heavy (non-hydrogen) atoms. The van der Waals surface area contributed by atoms with Crippen LogP contribution in [0.1, 0.15) is 0 Å². The molecule has 2 heteroatoms. The molecule has 1 aromatic heterocycles. The number of nitrogens with zero attached hydrogens (tertiary/aromatic N) is 1. The van der Waals surface area contributed by atoms with Crippen LogP contribution < -0.4 is 0 Å². The Hall–Kier alpha value is -0.510. The Bertz CT molecular complexity index is 351. The van der Waals surface area contributed by atoms with Gasteiger partial charge in [-0.1, -0.05) is 18.2 Å². The lowest BCUT2D eigenvalue weighted by atomic mass is 10.3. The molecule has 1 heterocycles. The second kappa shape index (κ2) is 2.27. The topological polar surface area (TPSA) is 4.93 Å². The maximum absolute atomic E-state index is 2.27. The van der Waals surface area contributed by atoms with Gasteiger partial charge in [-0.05, 0) is 12.1 Å². The molecular weight excluding hydrogens is 237 g/mol. The van der Waals surface area contributed by atoms with Crippen molar-refractivity contribution in [3.05, 3.63) is 36.5 Å². The maximum Gasteiger partial charge on any atom is 0.0640 e. The Labute approximate surface area is 73.2 Å². The van der Waals surface area contributed by atoms with Gasteiger partial charge in [-0.3, -0.25) is 2.78 Å². The number of aromatic nitrogens is 1. The molecular formula is C8H6IN. The first-order valence-corrected chi connectivity index (χ1v) is 4.07. The van der Waals surface area contributed by atoms with Gasteiger partial charge in [0.25, 0.3) is 0 Å². The minimum atomic E-state index is 1.28. The van der Waals surface area contributed by atoms with E-state index in [0.717, 1.165) is 0 Å². The van der Waals surface area contributed by atoms with Crippen molar-refractivity contribution in [3.8, 4) is 0 Å². The van der Waals surface area contributed by atoms with Gasteiger partial charge in [0.2, 0.25) is 0 Å². The van der Waals surface area contributed by atoms with E-state index in [0.29, 0.717) is 0 Å². The molecule has 0 fully saturated rings. The third kappa shape index (κ3) is 0.831. The van der Waals surface area contributed by atoms with Crippen LogP contribution in [0.15, 0.2) is 36.5 Å². The number of rotatable bonds is 0. The molecule has 2 rings (SSSR count). The Morgan fingerprint density at radius 3 is 2.70 bits per heavy atom. The van der Waals surface area contributed by atoms with Crippen molar-refractivity contribution in [1.82, 2.24) is 2.78 Å². The molecule has 0 unspecified atom stereocenters. The molecule has 0 aliphatic heterocycles. The third-order valence-electron chi connectivity index (χ3n) is 1.55. The summed E-state index contributed by atoms with van der Waals surface area (Å²) < 4.78 is 2.09. The van der Waals surface area contributed by atoms with Gasteiger partial charge in [-0.25, -0.2) is 0 Å². The highest BCUT2D eigenvalue weighted by molar-refractivity contribution is 14.1. The van der Waals surface area contributed by atoms with Gasteiger partial charge in [-0.2, -0.15) is 0 Å². The molecule has 0 spiro atoms. The zero-order valence-corrected chi connectivity index (χ0v) is 7.45. The Balaban J connectivity index is 2.93. The van der Waals surface area contributed by atoms with Crippen LogP contribution in [-0.2, 0) is 0 Å². The zero-order chi connectivity index (χ0) is 6.97. The average Bonchev–Trinajstić information content (AvgIpc) is 2.34. The molecule has 0 saturated heterocycles. The van der Waals surface area contributed by atoms with Gasteiger partial charge in [0, 0.05) is 11.6 Å². The minimum Gasteiger partial charge on any atom is -0.290 e. The summed E-state index contributed by atoms with van der Waals surface area (Å²) in [6, 6.07) is 10.4. The van der Waals surface area contributed by atoms with Gasteiger partial charge in [0.1, 0.15) is 0 Å². The van der Waals surface area contributed by atoms with Crippen molar-refractivity contribution in [2.45, 2.75) is 0 Å². The molecule has 0 radical (unpaired) electrons. The lowest BCUT2D eigenvalue weighted by molar-refractivity contribution is 1.42. The zero-order valence-electron chi connectivity index (χ0n) is 5.29. The molecule has 0 saturated carbocycles. The van der Waals surface area contributed by atoms with E-state index < -0.39 is 0 Å². The highest BCUT2D eigenvalue weighted by Crippen LogP contribution is 2.16. The van der Waals surface area contributed by atoms with Crippen LogP contribution in [0.25, 0.3) is 10.9 Å². The van der Waals surface area contributed by atoms with Gasteiger partial charge >= 0.3 is 0 Å². The summed E-state index contributed by atoms with van der Waals surface area (Å²) in [4.78, 5) is 0. The van der Waals surface area contributed by atoms with Crippen molar-refractivity contribution in [3.63, 3.8) is 0 Å². The molecule has 0 aliphatic carbocycles. The molecule has 0 bridgehead atoms. The lowest BCUT2D eigenvalue weighted by Gasteiger charge is -1.90. The fraction of sp³-hybridized carbons (Fsp3) is 0. The maximum atomic E-state index is 2.27. The Morgan fingerprint density at radius 2 is 1.90 bits per heavy atom. The largest absolute Gasteiger partial charge is 0.290 e. The fourth-order valence-corrected chi connectivity index (χ4v) is 1.65. The van der Waals surface area contributed by atoms with Gasteiger partial charge in [0.15, 0.2) is 0 Å². The Morgan fingerprint density at radius 1 is 1.10 bits per heavy atom. The molecule has 50 valence electrons. The first-order chi connectivity index (χ1) is 4.88. The molecule has 0 amide bonds. The second-order valence-electron chi connectivity index (χ2n) is 2.19. The van der Waals surface area contributed by atoms with Crippen molar-refractivity contribution >= 4 is 33.8 Å². The van der Waals surface area contributed by atoms with E-state index in [-0.39, 0.29) is 0 Å². The number of fused-ring (bicyclic) bond motifs is 1. The van der Waals surface area contributed by atoms with Crippen molar-refractivity contribution in [2.24, 2.45) is 0 Å². The first-order valence-electron chi connectivity index (χ1n) is 3.10. The highest BCUT2D eigenvalue weighted by atomic mass is 127. The lowest BCUT2D eigenvalue weighted by Crippen LogP contribution is -1.71. The molecule has 1 nitrogen and oxygen atoms in total. The van der Waals surface area contributed by atoms with Gasteiger partial charge in [0.05, 0.1) is 28.4 Å². The third-order valence-corrected chi connectivity index (χ3v) is 2.39. The van der Waals surface area contributed by atoms with Crippen LogP contribution in [0.5, 0.6) is 0 Å². The predicted octanol–water partition coefficient (Wildman–Crippen LogP) is 2.84. The van der Waals surface area contributed by atoms with Crippen LogP contribution in [0.2, 0.25) is 0 Å². The second-order valence-corrected chi connectivity index (χ2v) is 3.23. The van der Waals surface area contributed by atoms with E-state index in [1.807, 2.05) is 0 Å². The smallest absolute Gasteiger partial charge is 0.0640 e. The van der Waals surface area contributed by atoms with E-state index in [2.05, 4.69) is 62.2 Å². The molecule has 1 aromatic carbocycles. The van der Waals surface area contributed by atoms with Crippen molar-refractivity contribution < 1.29 is 0 Å². The SMILES string of the molecule is In1ccc2ccccc21. The normalized spacial score (nSPS) is 10.5. The van der Waals surface area contributed by atoms with Gasteiger partial charge < -0.3 is 0 Å². The summed E-state index contributed by atoms with van der Waals surface area (Å²) in [6.07, 6.45) is 2.06. The Kier molecular flexibility index (Phi) is 1.41. The summed E-state index contributed by atoms with van der Waals surface area (Å²) in [5.74, 6) is 0. The quantitative estimate of drug-likeness (QED) is 0.627. The van der Waals surface area contributed by atoms with Gasteiger partial charge in [-0.15, -0.1) is 0 Å². The summed E-state index contributed by atoms with van der Waals surface area (Å²) in [5, 5.41) is 1.30. The number of para-hydroxylation sites is 1. The molecule has 0 aliphatic rings. The highest BCUT2D eigenvalue weighted by Gasteiger charge is 1.93. The predicted molar refractivity (Wildman–Crippen MR) is 51.4 cm³/mol. The molecule has 0 N–H and O–H groups in total. The number of halogens is 1.